The fourth-order valence-corrected chi connectivity index (χ4v) is 2.70. The number of phenolic OH excluding ortho intramolecular Hbond substituents is 1. The first-order chi connectivity index (χ1) is 12.8. The Morgan fingerprint density at radius 2 is 1.85 bits per heavy atom. The minimum Gasteiger partial charge on any atom is -0.508 e. The Hall–Kier alpha value is -3.28. The highest BCUT2D eigenvalue weighted by Crippen LogP contribution is 2.27. The van der Waals surface area contributed by atoms with E-state index >= 15 is 0 Å². The van der Waals surface area contributed by atoms with Gasteiger partial charge in [0.25, 0.3) is 0 Å². The van der Waals surface area contributed by atoms with Crippen LogP contribution in [0.5, 0.6) is 11.5 Å². The van der Waals surface area contributed by atoms with Gasteiger partial charge in [-0.1, -0.05) is 0 Å². The van der Waals surface area contributed by atoms with Crippen LogP contribution in [0.4, 0.5) is 0 Å². The lowest BCUT2D eigenvalue weighted by atomic mass is 10.1. The standard InChI is InChI=1S/C21H20O6/c1-12(2)26-16-6-4-14(5-7-16)21(24)25-11-15-10-19(23)27-20-13(3)18(22)9-8-17(15)20/h4-10,12,22H,11H2,1-3H3. The third kappa shape index (κ3) is 4.11. The number of carbonyl (C=O) groups is 1. The van der Waals surface area contributed by atoms with Crippen LogP contribution < -0.4 is 10.4 Å². The average Bonchev–Trinajstić information content (AvgIpc) is 2.63. The molecular formula is C21H20O6. The Morgan fingerprint density at radius 1 is 1.15 bits per heavy atom. The molecule has 0 aliphatic heterocycles. The Morgan fingerprint density at radius 3 is 2.52 bits per heavy atom. The number of aromatic hydroxyl groups is 1. The molecule has 0 aliphatic carbocycles. The van der Waals surface area contributed by atoms with Gasteiger partial charge in [0.15, 0.2) is 0 Å². The number of hydrogen-bond donors (Lipinski definition) is 1. The van der Waals surface area contributed by atoms with Crippen molar-refractivity contribution in [3.63, 3.8) is 0 Å². The molecular weight excluding hydrogens is 348 g/mol. The van der Waals surface area contributed by atoms with Gasteiger partial charge in [-0.25, -0.2) is 9.59 Å². The van der Waals surface area contributed by atoms with E-state index in [9.17, 15) is 14.7 Å². The maximum absolute atomic E-state index is 12.3. The summed E-state index contributed by atoms with van der Waals surface area (Å²) in [6.45, 7) is 5.40. The Kier molecular flexibility index (Phi) is 5.16. The van der Waals surface area contributed by atoms with Crippen molar-refractivity contribution in [2.75, 3.05) is 0 Å². The molecule has 0 spiro atoms. The first-order valence-corrected chi connectivity index (χ1v) is 8.54. The predicted octanol–water partition coefficient (Wildman–Crippen LogP) is 3.95. The van der Waals surface area contributed by atoms with Crippen molar-refractivity contribution in [3.05, 3.63) is 69.6 Å². The third-order valence-electron chi connectivity index (χ3n) is 4.04. The largest absolute Gasteiger partial charge is 0.508 e. The molecule has 3 aromatic rings. The molecule has 140 valence electrons. The lowest BCUT2D eigenvalue weighted by Crippen LogP contribution is -2.09. The van der Waals surface area contributed by atoms with Gasteiger partial charge < -0.3 is 19.0 Å². The first kappa shape index (κ1) is 18.5. The molecule has 1 heterocycles. The van der Waals surface area contributed by atoms with Crippen LogP contribution in [0, 0.1) is 6.92 Å². The van der Waals surface area contributed by atoms with Gasteiger partial charge >= 0.3 is 11.6 Å². The van der Waals surface area contributed by atoms with E-state index in [4.69, 9.17) is 13.9 Å². The number of rotatable bonds is 5. The quantitative estimate of drug-likeness (QED) is 0.542. The minimum atomic E-state index is -0.572. The second-order valence-corrected chi connectivity index (χ2v) is 6.44. The number of hydrogen-bond acceptors (Lipinski definition) is 6. The molecule has 0 saturated heterocycles. The van der Waals surface area contributed by atoms with E-state index in [-0.39, 0.29) is 24.0 Å². The molecule has 1 aromatic heterocycles. The molecule has 3 rings (SSSR count). The van der Waals surface area contributed by atoms with E-state index in [1.54, 1.807) is 37.3 Å². The number of phenols is 1. The van der Waals surface area contributed by atoms with Crippen molar-refractivity contribution < 1.29 is 23.8 Å². The monoisotopic (exact) mass is 368 g/mol. The summed E-state index contributed by atoms with van der Waals surface area (Å²) in [5.41, 5.74) is 1.06. The van der Waals surface area contributed by atoms with Gasteiger partial charge in [0.05, 0.1) is 11.7 Å². The number of carbonyl (C=O) groups excluding carboxylic acids is 1. The summed E-state index contributed by atoms with van der Waals surface area (Å²) in [5, 5.41) is 10.4. The van der Waals surface area contributed by atoms with E-state index in [0.717, 1.165) is 0 Å². The van der Waals surface area contributed by atoms with Crippen molar-refractivity contribution in [2.24, 2.45) is 0 Å². The molecule has 0 amide bonds. The van der Waals surface area contributed by atoms with Gasteiger partial charge in [0.2, 0.25) is 0 Å². The van der Waals surface area contributed by atoms with Crippen molar-refractivity contribution in [1.29, 1.82) is 0 Å². The molecule has 6 nitrogen and oxygen atoms in total. The zero-order valence-electron chi connectivity index (χ0n) is 15.3. The number of aryl methyl sites for hydroxylation is 1. The van der Waals surface area contributed by atoms with Gasteiger partial charge in [-0.15, -0.1) is 0 Å². The van der Waals surface area contributed by atoms with E-state index < -0.39 is 11.6 Å². The van der Waals surface area contributed by atoms with Crippen LogP contribution >= 0.6 is 0 Å². The first-order valence-electron chi connectivity index (χ1n) is 8.54. The molecule has 1 N–H and O–H groups in total. The minimum absolute atomic E-state index is 0.0310. The van der Waals surface area contributed by atoms with E-state index in [1.807, 2.05) is 13.8 Å². The maximum atomic E-state index is 12.3. The summed E-state index contributed by atoms with van der Waals surface area (Å²) in [4.78, 5) is 24.1. The summed E-state index contributed by atoms with van der Waals surface area (Å²) in [6, 6.07) is 11.1. The highest BCUT2D eigenvalue weighted by Gasteiger charge is 2.13. The summed E-state index contributed by atoms with van der Waals surface area (Å²) >= 11 is 0. The second kappa shape index (κ2) is 7.53. The molecule has 0 atom stereocenters. The highest BCUT2D eigenvalue weighted by molar-refractivity contribution is 5.90. The molecule has 0 aliphatic rings. The Bertz CT molecular complexity index is 1030. The molecule has 0 saturated carbocycles. The van der Waals surface area contributed by atoms with Crippen LogP contribution in [0.15, 0.2) is 51.7 Å². The molecule has 0 fully saturated rings. The van der Waals surface area contributed by atoms with Gasteiger partial charge in [0, 0.05) is 22.6 Å². The van der Waals surface area contributed by atoms with Crippen LogP contribution in [-0.2, 0) is 11.3 Å². The van der Waals surface area contributed by atoms with Crippen molar-refractivity contribution in [2.45, 2.75) is 33.5 Å². The number of esters is 1. The fourth-order valence-electron chi connectivity index (χ4n) is 2.70. The lowest BCUT2D eigenvalue weighted by Gasteiger charge is -2.11. The van der Waals surface area contributed by atoms with Crippen LogP contribution in [-0.4, -0.2) is 17.2 Å². The van der Waals surface area contributed by atoms with Crippen LogP contribution in [0.25, 0.3) is 11.0 Å². The topological polar surface area (TPSA) is 86.0 Å². The van der Waals surface area contributed by atoms with Crippen molar-refractivity contribution >= 4 is 16.9 Å². The Labute approximate surface area is 156 Å². The molecule has 0 radical (unpaired) electrons. The average molecular weight is 368 g/mol. The zero-order chi connectivity index (χ0) is 19.6. The summed E-state index contributed by atoms with van der Waals surface area (Å²) in [5.74, 6) is 0.190. The summed E-state index contributed by atoms with van der Waals surface area (Å²) in [6.07, 6.45) is 0.0451. The normalized spacial score (nSPS) is 11.0. The molecule has 2 aromatic carbocycles. The molecule has 0 bridgehead atoms. The van der Waals surface area contributed by atoms with Crippen molar-refractivity contribution in [1.82, 2.24) is 0 Å². The number of ether oxygens (including phenoxy) is 2. The highest BCUT2D eigenvalue weighted by atomic mass is 16.5. The van der Waals surface area contributed by atoms with Crippen LogP contribution in [0.1, 0.15) is 35.3 Å². The molecule has 6 heteroatoms. The number of fused-ring (bicyclic) bond motifs is 1. The van der Waals surface area contributed by atoms with Crippen LogP contribution in [0.2, 0.25) is 0 Å². The third-order valence-corrected chi connectivity index (χ3v) is 4.04. The van der Waals surface area contributed by atoms with Crippen LogP contribution in [0.3, 0.4) is 0 Å². The van der Waals surface area contributed by atoms with E-state index in [2.05, 4.69) is 0 Å². The molecule has 0 unspecified atom stereocenters. The maximum Gasteiger partial charge on any atom is 0.338 e. The lowest BCUT2D eigenvalue weighted by molar-refractivity contribution is 0.0474. The van der Waals surface area contributed by atoms with Crippen molar-refractivity contribution in [3.8, 4) is 11.5 Å². The van der Waals surface area contributed by atoms with Gasteiger partial charge in [-0.2, -0.15) is 0 Å². The van der Waals surface area contributed by atoms with Gasteiger partial charge in [-0.05, 0) is 57.2 Å². The Balaban J connectivity index is 1.79. The second-order valence-electron chi connectivity index (χ2n) is 6.44. The number of benzene rings is 2. The zero-order valence-corrected chi connectivity index (χ0v) is 15.3. The van der Waals surface area contributed by atoms with E-state index in [1.165, 1.54) is 12.1 Å². The smallest absolute Gasteiger partial charge is 0.338 e. The fraction of sp³-hybridized carbons (Fsp3) is 0.238. The SMILES string of the molecule is Cc1c(O)ccc2c(COC(=O)c3ccc(OC(C)C)cc3)cc(=O)oc12. The van der Waals surface area contributed by atoms with Gasteiger partial charge in [0.1, 0.15) is 23.7 Å². The van der Waals surface area contributed by atoms with Gasteiger partial charge in [-0.3, -0.25) is 0 Å². The van der Waals surface area contributed by atoms with E-state index in [0.29, 0.717) is 27.8 Å². The predicted molar refractivity (Wildman–Crippen MR) is 100 cm³/mol. The summed E-state index contributed by atoms with van der Waals surface area (Å²) in [7, 11) is 0. The summed E-state index contributed by atoms with van der Waals surface area (Å²) < 4.78 is 16.1. The molecule has 27 heavy (non-hydrogen) atoms.